The van der Waals surface area contributed by atoms with Crippen LogP contribution in [-0.2, 0) is 58.3 Å². The lowest BCUT2D eigenvalue weighted by molar-refractivity contribution is -0.129. The van der Waals surface area contributed by atoms with Crippen molar-refractivity contribution in [2.75, 3.05) is 19.7 Å². The van der Waals surface area contributed by atoms with E-state index in [0.29, 0.717) is 71.1 Å². The zero-order valence-electron chi connectivity index (χ0n) is 42.5. The van der Waals surface area contributed by atoms with E-state index in [2.05, 4.69) is 42.3 Å². The van der Waals surface area contributed by atoms with E-state index in [4.69, 9.17) is 14.5 Å². The number of likely N-dealkylation sites (tertiary alicyclic amines) is 1. The van der Waals surface area contributed by atoms with E-state index < -0.39 is 12.1 Å². The van der Waals surface area contributed by atoms with Gasteiger partial charge in [0.05, 0.1) is 39.8 Å². The molecular weight excluding hydrogens is 954 g/mol. The maximum atomic E-state index is 15.4. The molecular formula is C56H66FN5O8S2. The number of carbonyl (C=O) groups excluding carboxylic acids is 3. The minimum atomic E-state index is -0.513. The maximum absolute atomic E-state index is 15.4. The molecule has 2 atom stereocenters. The van der Waals surface area contributed by atoms with Gasteiger partial charge in [0.2, 0.25) is 6.41 Å². The van der Waals surface area contributed by atoms with Gasteiger partial charge in [0, 0.05) is 61.1 Å². The quantitative estimate of drug-likeness (QED) is 0.0660. The number of rotatable bonds is 15. The van der Waals surface area contributed by atoms with Crippen LogP contribution in [-0.4, -0.2) is 78.2 Å². The number of aromatic hydroxyl groups is 2. The Labute approximate surface area is 428 Å². The van der Waals surface area contributed by atoms with Crippen LogP contribution in [0.15, 0.2) is 47.3 Å². The Hall–Kier alpha value is -5.58. The van der Waals surface area contributed by atoms with Crippen LogP contribution >= 0.6 is 21.6 Å². The summed E-state index contributed by atoms with van der Waals surface area (Å²) in [5.74, 6) is 0.302. The fourth-order valence-electron chi connectivity index (χ4n) is 11.4. The third-order valence-corrected chi connectivity index (χ3v) is 19.2. The summed E-state index contributed by atoms with van der Waals surface area (Å²) in [5.41, 5.74) is 11.8. The zero-order valence-corrected chi connectivity index (χ0v) is 44.2. The molecule has 0 bridgehead atoms. The van der Waals surface area contributed by atoms with Crippen molar-refractivity contribution in [3.05, 3.63) is 120 Å². The number of hydrogen-bond donors (Lipinski definition) is 3. The van der Waals surface area contributed by atoms with Crippen LogP contribution in [0.4, 0.5) is 9.18 Å². The summed E-state index contributed by atoms with van der Waals surface area (Å²) in [5, 5.41) is 23.2. The van der Waals surface area contributed by atoms with Crippen molar-refractivity contribution in [3.8, 4) is 22.9 Å². The number of nitrogens with one attached hydrogen (secondary N) is 1. The summed E-state index contributed by atoms with van der Waals surface area (Å²) >= 11 is 0. The molecule has 16 heteroatoms. The summed E-state index contributed by atoms with van der Waals surface area (Å²) in [7, 11) is 3.68. The van der Waals surface area contributed by atoms with E-state index in [0.717, 1.165) is 71.2 Å². The molecule has 10 rings (SSSR count). The molecule has 2 aliphatic carbocycles. The van der Waals surface area contributed by atoms with Gasteiger partial charge in [-0.3, -0.25) is 19.3 Å². The molecule has 13 nitrogen and oxygen atoms in total. The Balaban J connectivity index is 0.000000469. The van der Waals surface area contributed by atoms with Crippen molar-refractivity contribution in [1.29, 1.82) is 0 Å². The highest BCUT2D eigenvalue weighted by atomic mass is 33.1. The van der Waals surface area contributed by atoms with Gasteiger partial charge in [0.15, 0.2) is 0 Å². The van der Waals surface area contributed by atoms with Crippen LogP contribution in [0.25, 0.3) is 22.3 Å². The maximum Gasteiger partial charge on any atom is 0.407 e. The van der Waals surface area contributed by atoms with Crippen LogP contribution in [0.3, 0.4) is 0 Å². The number of pyridine rings is 2. The van der Waals surface area contributed by atoms with Crippen LogP contribution in [0.2, 0.25) is 0 Å². The molecule has 5 aliphatic rings. The first kappa shape index (κ1) is 51.3. The van der Waals surface area contributed by atoms with Crippen LogP contribution in [0, 0.1) is 25.1 Å². The number of carbonyl (C=O) groups is 3. The molecule has 1 saturated carbocycles. The van der Waals surface area contributed by atoms with Gasteiger partial charge >= 0.3 is 6.09 Å². The van der Waals surface area contributed by atoms with E-state index in [1.165, 1.54) is 41.7 Å². The largest absolute Gasteiger partial charge is 0.508 e. The van der Waals surface area contributed by atoms with E-state index in [1.54, 1.807) is 22.3 Å². The molecule has 72 heavy (non-hydrogen) atoms. The van der Waals surface area contributed by atoms with Gasteiger partial charge in [-0.05, 0) is 139 Å². The molecule has 5 aromatic rings. The number of phenols is 2. The van der Waals surface area contributed by atoms with E-state index in [9.17, 15) is 29.4 Å². The Morgan fingerprint density at radius 2 is 1.75 bits per heavy atom. The smallest absolute Gasteiger partial charge is 0.407 e. The standard InChI is InChI=1S/C46H52FN5O6S2.C10H14O2/c1-6-26(2)33-12-39-42-34(19-52(39)43(55)35(33)20-57-25-54)41-37(10-9-32-27(3)36(47)13-38(48-42)40(32)41)49-44(56)58-23-45(4,5)60-59-31-14-46(15-31)21-51(22-46)16-28-7-8-29-17-50(24-53)18-30(29)11-28;1-6(2)8-4-7(3)9(11)5-10(8)12/h7-8,11-13,24-26,31,37H,6,9-10,14-23H2,1-5H3,(H,49,56);4-6,11-12H,1-3H3. The Kier molecular flexibility index (Phi) is 14.5. The number of nitrogens with zero attached hydrogens (tertiary/aromatic N) is 4. The van der Waals surface area contributed by atoms with E-state index in [-0.39, 0.29) is 59.2 Å². The number of ether oxygens (including phenoxy) is 2. The normalized spacial score (nSPS) is 17.9. The van der Waals surface area contributed by atoms with Gasteiger partial charge in [-0.15, -0.1) is 0 Å². The molecule has 3 aliphatic heterocycles. The second kappa shape index (κ2) is 20.4. The monoisotopic (exact) mass is 1020 g/mol. The number of fused-ring (bicyclic) bond motifs is 5. The SMILES string of the molecule is CCC(C)c1cc2n(c(=O)c1COC=O)Cc1c-2nc2cc(F)c(C)c3c2c1C(NC(=O)OCC(C)(C)SSC1CC2(C1)CN(Cc1ccc4c(c1)CN(C=O)C4)C2)CC3.Cc1cc(C(C)C)c(O)cc1O. The van der Waals surface area contributed by atoms with Gasteiger partial charge in [-0.2, -0.15) is 0 Å². The number of aromatic nitrogens is 2. The molecule has 3 aromatic carbocycles. The second-order valence-electron chi connectivity index (χ2n) is 21.7. The summed E-state index contributed by atoms with van der Waals surface area (Å²) in [6.07, 6.45) is 4.68. The number of amides is 2. The first-order valence-corrected chi connectivity index (χ1v) is 27.3. The van der Waals surface area contributed by atoms with Crippen LogP contribution in [0.5, 0.6) is 11.5 Å². The summed E-state index contributed by atoms with van der Waals surface area (Å²) in [6, 6.07) is 12.8. The summed E-state index contributed by atoms with van der Waals surface area (Å²) in [6.45, 7) is 21.2. The lowest BCUT2D eigenvalue weighted by Crippen LogP contribution is -2.62. The average Bonchev–Trinajstić information content (AvgIpc) is 3.92. The number of phenolic OH excluding ortho intramolecular Hbond substituents is 2. The predicted molar refractivity (Wildman–Crippen MR) is 281 cm³/mol. The number of benzene rings is 3. The average molecular weight is 1020 g/mol. The highest BCUT2D eigenvalue weighted by molar-refractivity contribution is 8.77. The third kappa shape index (κ3) is 10.1. The van der Waals surface area contributed by atoms with E-state index >= 15 is 4.39 Å². The summed E-state index contributed by atoms with van der Waals surface area (Å²) in [4.78, 5) is 59.4. The Bertz CT molecular complexity index is 3020. The van der Waals surface area contributed by atoms with Crippen LogP contribution < -0.4 is 10.9 Å². The molecule has 1 saturated heterocycles. The molecule has 2 unspecified atom stereocenters. The summed E-state index contributed by atoms with van der Waals surface area (Å²) < 4.78 is 27.7. The first-order valence-electron chi connectivity index (χ1n) is 25.1. The topological polar surface area (TPSA) is 164 Å². The highest BCUT2D eigenvalue weighted by Gasteiger charge is 2.52. The molecule has 2 amide bonds. The molecule has 382 valence electrons. The molecule has 2 fully saturated rings. The number of alkyl carbamates (subject to hydrolysis) is 1. The van der Waals surface area contributed by atoms with Gasteiger partial charge in [0.25, 0.3) is 12.0 Å². The van der Waals surface area contributed by atoms with Crippen molar-refractivity contribution < 1.29 is 38.5 Å². The van der Waals surface area contributed by atoms with E-state index in [1.807, 2.05) is 62.4 Å². The second-order valence-corrected chi connectivity index (χ2v) is 24.9. The lowest BCUT2D eigenvalue weighted by Gasteiger charge is -2.59. The molecule has 2 aromatic heterocycles. The zero-order chi connectivity index (χ0) is 51.4. The van der Waals surface area contributed by atoms with Crippen molar-refractivity contribution in [2.24, 2.45) is 5.41 Å². The fraction of sp³-hybridized carbons (Fsp3) is 0.482. The fourth-order valence-corrected chi connectivity index (χ4v) is 14.5. The number of aryl methyl sites for hydroxylation is 2. The molecule has 3 N–H and O–H groups in total. The predicted octanol–water partition coefficient (Wildman–Crippen LogP) is 10.6. The third-order valence-electron chi connectivity index (χ3n) is 15.4. The Morgan fingerprint density at radius 3 is 2.46 bits per heavy atom. The Morgan fingerprint density at radius 1 is 1.00 bits per heavy atom. The van der Waals surface area contributed by atoms with Crippen molar-refractivity contribution in [1.82, 2.24) is 24.7 Å². The minimum absolute atomic E-state index is 0.0263. The highest BCUT2D eigenvalue weighted by Crippen LogP contribution is 2.57. The minimum Gasteiger partial charge on any atom is -0.508 e. The molecule has 5 heterocycles. The van der Waals surface area contributed by atoms with Gasteiger partial charge in [-0.1, -0.05) is 67.5 Å². The first-order chi connectivity index (χ1) is 34.3. The van der Waals surface area contributed by atoms with Crippen molar-refractivity contribution >= 4 is 51.5 Å². The van der Waals surface area contributed by atoms with Crippen molar-refractivity contribution in [2.45, 2.75) is 148 Å². The number of halogens is 1. The van der Waals surface area contributed by atoms with Gasteiger partial charge < -0.3 is 34.5 Å². The molecule has 0 radical (unpaired) electrons. The van der Waals surface area contributed by atoms with Gasteiger partial charge in [0.1, 0.15) is 30.5 Å². The van der Waals surface area contributed by atoms with Crippen LogP contribution in [0.1, 0.15) is 146 Å². The number of hydrogen-bond acceptors (Lipinski definition) is 12. The van der Waals surface area contributed by atoms with Gasteiger partial charge in [-0.25, -0.2) is 14.2 Å². The molecule has 1 spiro atoms. The van der Waals surface area contributed by atoms with Crippen molar-refractivity contribution in [3.63, 3.8) is 0 Å². The lowest BCUT2D eigenvalue weighted by atomic mass is 9.63.